The molecule has 0 aliphatic heterocycles. The third-order valence-corrected chi connectivity index (χ3v) is 7.80. The van der Waals surface area contributed by atoms with E-state index in [0.717, 1.165) is 39.9 Å². The van der Waals surface area contributed by atoms with E-state index in [4.69, 9.17) is 0 Å². The van der Waals surface area contributed by atoms with Crippen molar-refractivity contribution in [1.82, 2.24) is 112 Å². The number of aromatic amines is 11. The molecule has 422 valence electrons. The summed E-state index contributed by atoms with van der Waals surface area (Å²) in [6, 6.07) is 15.5. The van der Waals surface area contributed by atoms with E-state index < -0.39 is 11.5 Å². The normalized spacial score (nSPS) is 9.01. The lowest BCUT2D eigenvalue weighted by Gasteiger charge is -1.83. The second-order valence-corrected chi connectivity index (χ2v) is 15.4. The number of rotatable bonds is 0. The van der Waals surface area contributed by atoms with Gasteiger partial charge in [0.2, 0.25) is 11.4 Å². The number of pyridine rings is 1. The molecule has 0 unspecified atom stereocenters. The van der Waals surface area contributed by atoms with Crippen molar-refractivity contribution >= 4 is 0 Å². The zero-order valence-corrected chi connectivity index (χ0v) is 45.6. The highest BCUT2D eigenvalue weighted by atomic mass is 16.5. The van der Waals surface area contributed by atoms with Gasteiger partial charge in [-0.2, -0.15) is 41.0 Å². The molecule has 12 heterocycles. The Labute approximate surface area is 449 Å². The predicted octanol–water partition coefficient (Wildman–Crippen LogP) is 5.07. The van der Waals surface area contributed by atoms with Gasteiger partial charge in [0.25, 0.3) is 11.1 Å². The Bertz CT molecular complexity index is 2970. The largest absolute Gasteiger partial charge is 0.438 e. The molecule has 12 aromatic rings. The van der Waals surface area contributed by atoms with Crippen molar-refractivity contribution in [1.29, 1.82) is 0 Å². The summed E-state index contributed by atoms with van der Waals surface area (Å²) in [6.45, 7) is 22.2. The molecule has 0 aromatic carbocycles. The van der Waals surface area contributed by atoms with Crippen LogP contribution >= 0.6 is 0 Å². The van der Waals surface area contributed by atoms with E-state index in [2.05, 4.69) is 130 Å². The van der Waals surface area contributed by atoms with Crippen LogP contribution in [-0.2, 0) is 0 Å². The number of H-pyrrole nitrogens is 11. The molecule has 11 N–H and O–H groups in total. The monoisotopic (exact) mass is 1090 g/mol. The second kappa shape index (κ2) is 40.5. The molecule has 12 rings (SSSR count). The number of imidazole rings is 1. The van der Waals surface area contributed by atoms with Gasteiger partial charge in [-0.05, 0) is 112 Å². The van der Waals surface area contributed by atoms with Gasteiger partial charge in [0.1, 0.15) is 30.0 Å². The van der Waals surface area contributed by atoms with E-state index in [0.29, 0.717) is 17.5 Å². The van der Waals surface area contributed by atoms with Crippen LogP contribution in [0, 0.1) is 83.1 Å². The second-order valence-electron chi connectivity index (χ2n) is 15.4. The minimum absolute atomic E-state index is 0.0457. The van der Waals surface area contributed by atoms with Crippen molar-refractivity contribution in [3.05, 3.63) is 238 Å². The van der Waals surface area contributed by atoms with Crippen LogP contribution in [0.15, 0.2) is 159 Å². The summed E-state index contributed by atoms with van der Waals surface area (Å²) >= 11 is 0. The van der Waals surface area contributed by atoms with Gasteiger partial charge >= 0.3 is 11.5 Å². The molecule has 0 spiro atoms. The van der Waals surface area contributed by atoms with Gasteiger partial charge in [-0.1, -0.05) is 16.4 Å². The van der Waals surface area contributed by atoms with Crippen molar-refractivity contribution in [3.63, 3.8) is 0 Å². The fourth-order valence-electron chi connectivity index (χ4n) is 4.07. The van der Waals surface area contributed by atoms with Crippen molar-refractivity contribution < 1.29 is 18.0 Å². The van der Waals surface area contributed by atoms with Crippen LogP contribution in [0.25, 0.3) is 0 Å². The van der Waals surface area contributed by atoms with Gasteiger partial charge < -0.3 is 28.4 Å². The van der Waals surface area contributed by atoms with Crippen LogP contribution in [0.5, 0.6) is 0 Å². The Morgan fingerprint density at radius 3 is 1.51 bits per heavy atom. The molecule has 79 heavy (non-hydrogen) atoms. The zero-order chi connectivity index (χ0) is 58.6. The third-order valence-electron chi connectivity index (χ3n) is 7.80. The summed E-state index contributed by atoms with van der Waals surface area (Å²) in [5.74, 6) is 1.34. The fourth-order valence-corrected chi connectivity index (χ4v) is 4.07. The third kappa shape index (κ3) is 39.3. The van der Waals surface area contributed by atoms with Gasteiger partial charge in [0.15, 0.2) is 0 Å². The molecule has 0 aliphatic carbocycles. The van der Waals surface area contributed by atoms with E-state index in [1.807, 2.05) is 92.9 Å². The van der Waals surface area contributed by atoms with E-state index >= 15 is 0 Å². The average Bonchev–Trinajstić information content (AvgIpc) is 4.24. The van der Waals surface area contributed by atoms with Crippen molar-refractivity contribution in [2.75, 3.05) is 0 Å². The Kier molecular flexibility index (Phi) is 33.9. The summed E-state index contributed by atoms with van der Waals surface area (Å²) in [5.41, 5.74) is 7.97. The Balaban J connectivity index is 0.000000431. The molecule has 31 nitrogen and oxygen atoms in total. The molecule has 0 radical (unpaired) electrons. The number of aromatic nitrogens is 22. The standard InChI is InChI=1S/C6H7NO.C5H6N2O.C5H7N.3C4H6N2.C4H5NO2.C4H5NO.2C3H5N3.2C3H4N2O2/c1-5-2-3-6(8)7-4-5;1-4-2-3-5(8)7-6-4;1-5-3-2-4-6-5;1-4-2-5-3-6-4;1-4-2-5-6-3-4;1-4-2-3-5-6-4;1-3-2-4(6)5-7-3;1-4-2-3-6-5-4;1-3-4-2-5-6-3;1-3-2-4-6-5-3;1-2-4-5-3(6)7-2;1-2-4-3(6)7-5-2/h2-4H,1H3,(H,7,8);2-3H,1H3,(H,7,8);2-4,6H,1H3;3*2-3H,1H3,(H,5,6);2H,1H3,(H,5,6);2-3H,1H3;2*2H,1H3,(H,4,5,6);1H3,(H,5,6);1H3,(H,4,5,6). The molecule has 0 saturated carbocycles. The summed E-state index contributed by atoms with van der Waals surface area (Å²) in [6.07, 6.45) is 17.1. The molecular weight excluding hydrogens is 1030 g/mol. The van der Waals surface area contributed by atoms with Crippen LogP contribution in [-0.4, -0.2) is 112 Å². The predicted molar refractivity (Wildman–Crippen MR) is 288 cm³/mol. The number of aryl methyl sites for hydroxylation is 12. The first kappa shape index (κ1) is 66.1. The molecule has 31 heteroatoms. The van der Waals surface area contributed by atoms with Gasteiger partial charge in [-0.15, -0.1) is 5.10 Å². The van der Waals surface area contributed by atoms with Gasteiger partial charge in [-0.3, -0.25) is 39.2 Å². The van der Waals surface area contributed by atoms with Gasteiger partial charge in [0, 0.05) is 79.3 Å². The minimum Gasteiger partial charge on any atom is -0.393 e. The lowest BCUT2D eigenvalue weighted by molar-refractivity contribution is 0.383. The average molecular weight is 1100 g/mol. The first-order valence-corrected chi connectivity index (χ1v) is 23.1. The molecule has 0 fully saturated rings. The molecule has 0 aliphatic rings. The van der Waals surface area contributed by atoms with Crippen molar-refractivity contribution in [2.24, 2.45) is 0 Å². The van der Waals surface area contributed by atoms with Crippen LogP contribution in [0.2, 0.25) is 0 Å². The lowest BCUT2D eigenvalue weighted by atomic mass is 10.3. The number of hydrogen-bond donors (Lipinski definition) is 11. The van der Waals surface area contributed by atoms with E-state index in [9.17, 15) is 24.0 Å². The molecule has 0 saturated heterocycles. The maximum atomic E-state index is 10.4. The van der Waals surface area contributed by atoms with Crippen LogP contribution in [0.1, 0.15) is 68.6 Å². The molecule has 0 atom stereocenters. The number of nitrogens with one attached hydrogen (secondary N) is 11. The maximum Gasteiger partial charge on any atom is 0.438 e. The van der Waals surface area contributed by atoms with Crippen LogP contribution in [0.3, 0.4) is 0 Å². The zero-order valence-electron chi connectivity index (χ0n) is 45.6. The van der Waals surface area contributed by atoms with E-state index in [1.54, 1.807) is 82.5 Å². The molecule has 12 aromatic heterocycles. The summed E-state index contributed by atoms with van der Waals surface area (Å²) < 4.78 is 17.5. The fraction of sp³-hybridized carbons (Fsp3) is 0.250. The highest BCUT2D eigenvalue weighted by molar-refractivity contribution is 5.05. The number of hydrogen-bond acceptors (Lipinski definition) is 20. The van der Waals surface area contributed by atoms with E-state index in [-0.39, 0.29) is 16.7 Å². The Morgan fingerprint density at radius 2 is 1.30 bits per heavy atom. The first-order valence-electron chi connectivity index (χ1n) is 23.1. The lowest BCUT2D eigenvalue weighted by Crippen LogP contribution is -2.05. The van der Waals surface area contributed by atoms with Crippen LogP contribution in [0.4, 0.5) is 0 Å². The summed E-state index contributed by atoms with van der Waals surface area (Å²) in [4.78, 5) is 69.1. The molecular formula is C48H66N22O9. The first-order chi connectivity index (χ1) is 37.7. The van der Waals surface area contributed by atoms with Crippen molar-refractivity contribution in [2.45, 2.75) is 83.1 Å². The van der Waals surface area contributed by atoms with Gasteiger partial charge in [-0.25, -0.2) is 29.8 Å². The SMILES string of the molecule is Cc1cc(=O)[nH]o1.Cc1ccc(=O)[nH]c1.Cc1ccc(=O)[nH]n1.Cc1ccc[nH]1.Cc1ccn[nH]1.Cc1ccon1.Cc1cn[nH]c1.Cc1cn[nH]n1.Cc1cnc[nH]1.Cc1n[nH]c(=O)o1.Cc1ncn[nH]1.Cc1noc(=O)[nH]1. The summed E-state index contributed by atoms with van der Waals surface area (Å²) in [7, 11) is 0. The highest BCUT2D eigenvalue weighted by Crippen LogP contribution is 1.89. The highest BCUT2D eigenvalue weighted by Gasteiger charge is 1.89. The Hall–Kier alpha value is -10.9. The molecule has 0 amide bonds. The maximum absolute atomic E-state index is 10.4. The quantitative estimate of drug-likeness (QED) is 0.0944. The van der Waals surface area contributed by atoms with Crippen LogP contribution < -0.4 is 28.2 Å². The summed E-state index contributed by atoms with van der Waals surface area (Å²) in [5, 5.41) is 49.1. The van der Waals surface area contributed by atoms with Gasteiger partial charge in [0.05, 0.1) is 35.8 Å². The topological polar surface area (TPSA) is 453 Å². The van der Waals surface area contributed by atoms with Crippen molar-refractivity contribution in [3.8, 4) is 0 Å². The van der Waals surface area contributed by atoms with E-state index in [1.165, 1.54) is 35.8 Å². The smallest absolute Gasteiger partial charge is 0.393 e. The number of nitrogens with zero attached hydrogens (tertiary/aromatic N) is 11. The minimum atomic E-state index is -0.502. The molecule has 0 bridgehead atoms. The Morgan fingerprint density at radius 1 is 0.532 bits per heavy atom.